The quantitative estimate of drug-likeness (QED) is 0.427. The number of allylic oxidation sites excluding steroid dienone is 3. The molecule has 0 bridgehead atoms. The molecule has 0 spiro atoms. The van der Waals surface area contributed by atoms with Gasteiger partial charge in [-0.15, -0.1) is 0 Å². The molecule has 0 saturated carbocycles. The summed E-state index contributed by atoms with van der Waals surface area (Å²) in [6.07, 6.45) is 8.06. The summed E-state index contributed by atoms with van der Waals surface area (Å²) in [6.45, 7) is 14.6. The fraction of sp³-hybridized carbons (Fsp3) is 0.308. The number of hydrogen-bond donors (Lipinski definition) is 2. The summed E-state index contributed by atoms with van der Waals surface area (Å²) in [6, 6.07) is 13.5. The second-order valence-electron chi connectivity index (χ2n) is 7.33. The summed E-state index contributed by atoms with van der Waals surface area (Å²) in [4.78, 5) is 0. The summed E-state index contributed by atoms with van der Waals surface area (Å²) >= 11 is 0. The van der Waals surface area contributed by atoms with E-state index < -0.39 is 0 Å². The van der Waals surface area contributed by atoms with E-state index in [2.05, 4.69) is 100 Å². The van der Waals surface area contributed by atoms with Gasteiger partial charge in [0.1, 0.15) is 0 Å². The minimum Gasteiger partial charge on any atom is -0.301 e. The van der Waals surface area contributed by atoms with Gasteiger partial charge >= 0.3 is 0 Å². The van der Waals surface area contributed by atoms with Crippen LogP contribution < -0.4 is 10.6 Å². The molecular formula is C26H34N2. The van der Waals surface area contributed by atoms with Crippen molar-refractivity contribution in [2.45, 2.75) is 46.8 Å². The van der Waals surface area contributed by atoms with E-state index in [1.54, 1.807) is 6.08 Å². The van der Waals surface area contributed by atoms with Gasteiger partial charge in [-0.25, -0.2) is 0 Å². The highest BCUT2D eigenvalue weighted by Crippen LogP contribution is 2.31. The average Bonchev–Trinajstić information content (AvgIpc) is 2.69. The van der Waals surface area contributed by atoms with Gasteiger partial charge in [-0.1, -0.05) is 72.8 Å². The molecule has 2 atom stereocenters. The molecule has 2 nitrogen and oxygen atoms in total. The molecule has 0 radical (unpaired) electrons. The van der Waals surface area contributed by atoms with Crippen LogP contribution in [0.2, 0.25) is 0 Å². The van der Waals surface area contributed by atoms with E-state index in [0.717, 1.165) is 0 Å². The van der Waals surface area contributed by atoms with Crippen LogP contribution >= 0.6 is 0 Å². The largest absolute Gasteiger partial charge is 0.301 e. The highest BCUT2D eigenvalue weighted by Gasteiger charge is 2.17. The molecule has 2 aromatic carbocycles. The molecule has 0 heterocycles. The van der Waals surface area contributed by atoms with Crippen LogP contribution in [-0.2, 0) is 0 Å². The first-order valence-electron chi connectivity index (χ1n) is 9.98. The third kappa shape index (κ3) is 5.09. The van der Waals surface area contributed by atoms with Gasteiger partial charge in [0.05, 0.1) is 6.17 Å². The molecule has 2 rings (SSSR count). The normalized spacial score (nSPS) is 14.3. The molecular weight excluding hydrogens is 340 g/mol. The molecule has 2 aromatic rings. The van der Waals surface area contributed by atoms with Gasteiger partial charge in [-0.2, -0.15) is 0 Å². The van der Waals surface area contributed by atoms with Gasteiger partial charge in [0, 0.05) is 6.04 Å². The summed E-state index contributed by atoms with van der Waals surface area (Å²) in [5.41, 5.74) is 9.07. The maximum Gasteiger partial charge on any atom is 0.0834 e. The van der Waals surface area contributed by atoms with E-state index in [0.29, 0.717) is 0 Å². The predicted octanol–water partition coefficient (Wildman–Crippen LogP) is 6.16. The number of hydrogen-bond acceptors (Lipinski definition) is 2. The Morgan fingerprint density at radius 1 is 1.07 bits per heavy atom. The van der Waals surface area contributed by atoms with Gasteiger partial charge < -0.3 is 5.32 Å². The molecule has 0 fully saturated rings. The number of benzene rings is 2. The highest BCUT2D eigenvalue weighted by molar-refractivity contribution is 5.72. The lowest BCUT2D eigenvalue weighted by Crippen LogP contribution is -2.42. The molecule has 0 aliphatic carbocycles. The van der Waals surface area contributed by atoms with Gasteiger partial charge in [0.15, 0.2) is 0 Å². The van der Waals surface area contributed by atoms with Crippen molar-refractivity contribution >= 4 is 0 Å². The first-order chi connectivity index (χ1) is 13.4. The molecule has 0 saturated heterocycles. The summed E-state index contributed by atoms with van der Waals surface area (Å²) < 4.78 is 0. The predicted molar refractivity (Wildman–Crippen MR) is 124 cm³/mol. The molecule has 0 amide bonds. The molecule has 0 aliphatic heterocycles. The van der Waals surface area contributed by atoms with Crippen molar-refractivity contribution in [2.24, 2.45) is 0 Å². The molecule has 2 unspecified atom stereocenters. The standard InChI is InChI=1S/C26H34N2/c1-8-10-12-22(9-2)26(27-7)28-21(6)23-13-11-14-24(20(23)5)25-17-18(3)15-16-19(25)4/h8-17,21,26-28H,1H2,2-7H3/b12-10-,22-9+. The Morgan fingerprint density at radius 2 is 1.82 bits per heavy atom. The van der Waals surface area contributed by atoms with Crippen LogP contribution in [0.4, 0.5) is 0 Å². The molecule has 2 heteroatoms. The Hall–Kier alpha value is -2.42. The van der Waals surface area contributed by atoms with Crippen LogP contribution in [0.1, 0.15) is 42.1 Å². The molecule has 2 N–H and O–H groups in total. The number of likely N-dealkylation sites (N-methyl/N-ethyl adjacent to an activating group) is 1. The van der Waals surface area contributed by atoms with Crippen LogP contribution in [0, 0.1) is 20.8 Å². The van der Waals surface area contributed by atoms with Crippen LogP contribution in [-0.4, -0.2) is 13.2 Å². The lowest BCUT2D eigenvalue weighted by molar-refractivity contribution is 0.457. The fourth-order valence-electron chi connectivity index (χ4n) is 3.66. The number of rotatable bonds is 8. The topological polar surface area (TPSA) is 24.1 Å². The molecule has 148 valence electrons. The Balaban J connectivity index is 2.36. The third-order valence-electron chi connectivity index (χ3n) is 5.32. The van der Waals surface area contributed by atoms with Crippen molar-refractivity contribution in [1.29, 1.82) is 0 Å². The zero-order valence-corrected chi connectivity index (χ0v) is 18.1. The average molecular weight is 375 g/mol. The van der Waals surface area contributed by atoms with Gasteiger partial charge in [0.2, 0.25) is 0 Å². The van der Waals surface area contributed by atoms with Crippen molar-refractivity contribution in [1.82, 2.24) is 10.6 Å². The summed E-state index contributed by atoms with van der Waals surface area (Å²) in [7, 11) is 1.98. The lowest BCUT2D eigenvalue weighted by Gasteiger charge is -2.26. The van der Waals surface area contributed by atoms with E-state index >= 15 is 0 Å². The summed E-state index contributed by atoms with van der Waals surface area (Å²) in [5.74, 6) is 0. The first kappa shape index (κ1) is 21.9. The molecule has 0 aliphatic rings. The van der Waals surface area contributed by atoms with Crippen molar-refractivity contribution in [3.63, 3.8) is 0 Å². The Bertz CT molecular complexity index is 874. The minimum atomic E-state index is 0.0694. The minimum absolute atomic E-state index is 0.0694. The second kappa shape index (κ2) is 10.2. The monoisotopic (exact) mass is 374 g/mol. The SMILES string of the molecule is C=C/C=C\C(=C/C)C(NC)NC(C)c1cccc(-c2cc(C)ccc2C)c1C. The van der Waals surface area contributed by atoms with Crippen LogP contribution in [0.5, 0.6) is 0 Å². The lowest BCUT2D eigenvalue weighted by atomic mass is 9.90. The Kier molecular flexibility index (Phi) is 7.98. The second-order valence-corrected chi connectivity index (χ2v) is 7.33. The van der Waals surface area contributed by atoms with Crippen LogP contribution in [0.25, 0.3) is 11.1 Å². The van der Waals surface area contributed by atoms with Crippen molar-refractivity contribution in [2.75, 3.05) is 7.05 Å². The van der Waals surface area contributed by atoms with Gasteiger partial charge in [0.25, 0.3) is 0 Å². The van der Waals surface area contributed by atoms with Gasteiger partial charge in [-0.05, 0) is 75.1 Å². The Labute approximate surface area is 171 Å². The zero-order valence-electron chi connectivity index (χ0n) is 18.1. The van der Waals surface area contributed by atoms with Crippen molar-refractivity contribution in [3.05, 3.63) is 95.1 Å². The molecule has 0 aromatic heterocycles. The zero-order chi connectivity index (χ0) is 20.7. The third-order valence-corrected chi connectivity index (χ3v) is 5.32. The highest BCUT2D eigenvalue weighted by atomic mass is 15.1. The van der Waals surface area contributed by atoms with E-state index in [9.17, 15) is 0 Å². The van der Waals surface area contributed by atoms with Crippen molar-refractivity contribution < 1.29 is 0 Å². The van der Waals surface area contributed by atoms with E-state index in [1.807, 2.05) is 13.1 Å². The van der Waals surface area contributed by atoms with E-state index in [1.165, 1.54) is 39.0 Å². The van der Waals surface area contributed by atoms with Crippen LogP contribution in [0.3, 0.4) is 0 Å². The maximum atomic E-state index is 3.77. The van der Waals surface area contributed by atoms with E-state index in [4.69, 9.17) is 0 Å². The first-order valence-corrected chi connectivity index (χ1v) is 9.98. The van der Waals surface area contributed by atoms with E-state index in [-0.39, 0.29) is 12.2 Å². The smallest absolute Gasteiger partial charge is 0.0834 e. The number of nitrogens with one attached hydrogen (secondary N) is 2. The number of aryl methyl sites for hydroxylation is 2. The Morgan fingerprint density at radius 3 is 2.46 bits per heavy atom. The van der Waals surface area contributed by atoms with Crippen molar-refractivity contribution in [3.8, 4) is 11.1 Å². The maximum absolute atomic E-state index is 3.77. The van der Waals surface area contributed by atoms with Crippen LogP contribution in [0.15, 0.2) is 72.9 Å². The summed E-state index contributed by atoms with van der Waals surface area (Å²) in [5, 5.41) is 7.10. The fourth-order valence-corrected chi connectivity index (χ4v) is 3.66. The van der Waals surface area contributed by atoms with Gasteiger partial charge in [-0.3, -0.25) is 5.32 Å². The molecule has 28 heavy (non-hydrogen) atoms.